The normalized spacial score (nSPS) is 10.5. The van der Waals surface area contributed by atoms with Gasteiger partial charge in [-0.15, -0.1) is 0 Å². The number of rotatable bonds is 8. The summed E-state index contributed by atoms with van der Waals surface area (Å²) < 4.78 is 7.19. The monoisotopic (exact) mass is 380 g/mol. The molecule has 1 amide bonds. The fraction of sp³-hybridized carbons (Fsp3) is 0.250. The van der Waals surface area contributed by atoms with Gasteiger partial charge in [0.15, 0.2) is 5.16 Å². The van der Waals surface area contributed by atoms with Gasteiger partial charge in [0.1, 0.15) is 5.75 Å². The largest absolute Gasteiger partial charge is 0.497 e. The Kier molecular flexibility index (Phi) is 6.34. The van der Waals surface area contributed by atoms with Crippen LogP contribution in [0, 0.1) is 11.3 Å². The van der Waals surface area contributed by atoms with Crippen molar-refractivity contribution in [3.63, 3.8) is 0 Å². The zero-order valence-corrected chi connectivity index (χ0v) is 15.8. The van der Waals surface area contributed by atoms with E-state index in [0.29, 0.717) is 19.5 Å². The van der Waals surface area contributed by atoms with E-state index in [0.717, 1.165) is 27.5 Å². The topological polar surface area (TPSA) is 79.9 Å². The van der Waals surface area contributed by atoms with Crippen LogP contribution in [-0.2, 0) is 17.9 Å². The molecule has 1 heterocycles. The van der Waals surface area contributed by atoms with E-state index in [1.54, 1.807) is 7.11 Å². The molecule has 27 heavy (non-hydrogen) atoms. The van der Waals surface area contributed by atoms with E-state index in [1.807, 2.05) is 53.1 Å². The second-order valence-electron chi connectivity index (χ2n) is 5.86. The Hall–Kier alpha value is -2.98. The molecule has 0 aliphatic rings. The van der Waals surface area contributed by atoms with Crippen molar-refractivity contribution < 1.29 is 9.53 Å². The molecule has 0 aliphatic heterocycles. The number of methoxy groups -OCH3 is 1. The predicted octanol–water partition coefficient (Wildman–Crippen LogP) is 3.37. The predicted molar refractivity (Wildman–Crippen MR) is 106 cm³/mol. The molecule has 0 unspecified atom stereocenters. The van der Waals surface area contributed by atoms with Gasteiger partial charge in [0.05, 0.1) is 36.4 Å². The minimum absolute atomic E-state index is 0.0679. The summed E-state index contributed by atoms with van der Waals surface area (Å²) in [6.07, 6.45) is 0.399. The molecule has 0 fully saturated rings. The molecule has 0 radical (unpaired) electrons. The number of amides is 1. The third-order valence-corrected chi connectivity index (χ3v) is 5.00. The van der Waals surface area contributed by atoms with Crippen LogP contribution < -0.4 is 10.1 Å². The van der Waals surface area contributed by atoms with Crippen LogP contribution in [0.25, 0.3) is 11.0 Å². The van der Waals surface area contributed by atoms with Crippen molar-refractivity contribution in [2.75, 3.05) is 12.9 Å². The number of ether oxygens (including phenoxy) is 1. The lowest BCUT2D eigenvalue weighted by molar-refractivity contribution is -0.118. The van der Waals surface area contributed by atoms with E-state index < -0.39 is 0 Å². The Morgan fingerprint density at radius 2 is 2.15 bits per heavy atom. The van der Waals surface area contributed by atoms with Gasteiger partial charge in [-0.1, -0.05) is 36.0 Å². The zero-order valence-electron chi connectivity index (χ0n) is 15.0. The molecule has 0 atom stereocenters. The molecule has 0 saturated heterocycles. The number of hydrogen-bond acceptors (Lipinski definition) is 5. The summed E-state index contributed by atoms with van der Waals surface area (Å²) in [6, 6.07) is 17.6. The van der Waals surface area contributed by atoms with Crippen LogP contribution in [0.15, 0.2) is 53.7 Å². The maximum Gasteiger partial charge on any atom is 0.230 e. The molecule has 1 N–H and O–H groups in total. The number of para-hydroxylation sites is 2. The van der Waals surface area contributed by atoms with Crippen molar-refractivity contribution in [1.82, 2.24) is 14.9 Å². The molecule has 3 rings (SSSR count). The average molecular weight is 380 g/mol. The van der Waals surface area contributed by atoms with Gasteiger partial charge in [-0.25, -0.2) is 4.98 Å². The molecule has 0 saturated carbocycles. The number of imidazole rings is 1. The number of hydrogen-bond donors (Lipinski definition) is 1. The molecule has 7 heteroatoms. The first-order valence-electron chi connectivity index (χ1n) is 8.56. The smallest absolute Gasteiger partial charge is 0.230 e. The van der Waals surface area contributed by atoms with Crippen LogP contribution in [0.5, 0.6) is 5.75 Å². The number of carbonyl (C=O) groups excluding carboxylic acids is 1. The van der Waals surface area contributed by atoms with Crippen molar-refractivity contribution in [3.05, 3.63) is 54.1 Å². The van der Waals surface area contributed by atoms with Crippen molar-refractivity contribution in [2.45, 2.75) is 24.7 Å². The number of fused-ring (bicyclic) bond motifs is 1. The standard InChI is InChI=1S/C20H20N4O2S/c1-26-16-7-4-6-15(12-16)13-22-19(25)14-27-20-23-17-8-2-3-9-18(17)24(20)11-5-10-21/h2-4,6-9,12H,5,11,13-14H2,1H3,(H,22,25). The first-order chi connectivity index (χ1) is 13.2. The van der Waals surface area contributed by atoms with Crippen LogP contribution in [-0.4, -0.2) is 28.3 Å². The quantitative estimate of drug-likeness (QED) is 0.606. The number of benzene rings is 2. The highest BCUT2D eigenvalue weighted by Gasteiger charge is 2.12. The van der Waals surface area contributed by atoms with Gasteiger partial charge in [-0.3, -0.25) is 4.79 Å². The Morgan fingerprint density at radius 1 is 1.30 bits per heavy atom. The maximum atomic E-state index is 12.2. The number of thioether (sulfide) groups is 1. The fourth-order valence-electron chi connectivity index (χ4n) is 2.71. The lowest BCUT2D eigenvalue weighted by atomic mass is 10.2. The molecule has 0 aliphatic carbocycles. The van der Waals surface area contributed by atoms with Gasteiger partial charge < -0.3 is 14.6 Å². The highest BCUT2D eigenvalue weighted by atomic mass is 32.2. The highest BCUT2D eigenvalue weighted by molar-refractivity contribution is 7.99. The number of nitrogens with zero attached hydrogens (tertiary/aromatic N) is 3. The van der Waals surface area contributed by atoms with E-state index in [4.69, 9.17) is 10.00 Å². The second kappa shape index (κ2) is 9.10. The molecule has 3 aromatic rings. The van der Waals surface area contributed by atoms with Gasteiger partial charge in [0.2, 0.25) is 5.91 Å². The summed E-state index contributed by atoms with van der Waals surface area (Å²) in [6.45, 7) is 1.01. The van der Waals surface area contributed by atoms with E-state index in [-0.39, 0.29) is 11.7 Å². The van der Waals surface area contributed by atoms with E-state index in [1.165, 1.54) is 11.8 Å². The Bertz CT molecular complexity index is 978. The summed E-state index contributed by atoms with van der Waals surface area (Å²) in [7, 11) is 1.62. The van der Waals surface area contributed by atoms with E-state index >= 15 is 0 Å². The van der Waals surface area contributed by atoms with Crippen LogP contribution >= 0.6 is 11.8 Å². The number of aryl methyl sites for hydroxylation is 1. The van der Waals surface area contributed by atoms with E-state index in [9.17, 15) is 4.79 Å². The highest BCUT2D eigenvalue weighted by Crippen LogP contribution is 2.24. The average Bonchev–Trinajstić information content (AvgIpc) is 3.06. The molecule has 138 valence electrons. The van der Waals surface area contributed by atoms with Crippen LogP contribution in [0.3, 0.4) is 0 Å². The van der Waals surface area contributed by atoms with Crippen LogP contribution in [0.1, 0.15) is 12.0 Å². The first kappa shape index (κ1) is 18.8. The fourth-order valence-corrected chi connectivity index (χ4v) is 3.58. The van der Waals surface area contributed by atoms with Gasteiger partial charge in [0.25, 0.3) is 0 Å². The zero-order chi connectivity index (χ0) is 19.1. The Labute approximate surface area is 162 Å². The molecule has 6 nitrogen and oxygen atoms in total. The lowest BCUT2D eigenvalue weighted by Crippen LogP contribution is -2.24. The number of carbonyl (C=O) groups is 1. The number of aromatic nitrogens is 2. The molecule has 0 spiro atoms. The minimum atomic E-state index is -0.0679. The third-order valence-electron chi connectivity index (χ3n) is 4.02. The number of nitriles is 1. The van der Waals surface area contributed by atoms with Crippen molar-refractivity contribution in [1.29, 1.82) is 5.26 Å². The molecule has 2 aromatic carbocycles. The summed E-state index contributed by atoms with van der Waals surface area (Å²) >= 11 is 1.38. The van der Waals surface area contributed by atoms with Gasteiger partial charge in [0, 0.05) is 13.1 Å². The van der Waals surface area contributed by atoms with Gasteiger partial charge in [-0.05, 0) is 29.8 Å². The Morgan fingerprint density at radius 3 is 2.96 bits per heavy atom. The summed E-state index contributed by atoms with van der Waals surface area (Å²) in [5.74, 6) is 0.962. The van der Waals surface area contributed by atoms with Gasteiger partial charge >= 0.3 is 0 Å². The second-order valence-corrected chi connectivity index (χ2v) is 6.80. The lowest BCUT2D eigenvalue weighted by Gasteiger charge is -2.08. The van der Waals surface area contributed by atoms with Crippen LogP contribution in [0.4, 0.5) is 0 Å². The van der Waals surface area contributed by atoms with Crippen molar-refractivity contribution in [2.24, 2.45) is 0 Å². The molecular formula is C20H20N4O2S. The van der Waals surface area contributed by atoms with Crippen LogP contribution in [0.2, 0.25) is 0 Å². The molecule has 0 bridgehead atoms. The summed E-state index contributed by atoms with van der Waals surface area (Å²) in [4.78, 5) is 16.8. The summed E-state index contributed by atoms with van der Waals surface area (Å²) in [5, 5.41) is 12.6. The third kappa shape index (κ3) is 4.80. The van der Waals surface area contributed by atoms with Gasteiger partial charge in [-0.2, -0.15) is 5.26 Å². The van der Waals surface area contributed by atoms with Crippen molar-refractivity contribution >= 4 is 28.7 Å². The van der Waals surface area contributed by atoms with Crippen molar-refractivity contribution in [3.8, 4) is 11.8 Å². The summed E-state index contributed by atoms with van der Waals surface area (Å²) in [5.41, 5.74) is 2.83. The minimum Gasteiger partial charge on any atom is -0.497 e. The van der Waals surface area contributed by atoms with E-state index in [2.05, 4.69) is 16.4 Å². The Balaban J connectivity index is 1.62. The molecule has 1 aromatic heterocycles. The SMILES string of the molecule is COc1cccc(CNC(=O)CSc2nc3ccccc3n2CCC#N)c1. The number of nitrogens with one attached hydrogen (secondary N) is 1. The molecular weight excluding hydrogens is 360 g/mol. The maximum absolute atomic E-state index is 12.2. The first-order valence-corrected chi connectivity index (χ1v) is 9.54.